The average Bonchev–Trinajstić information content (AvgIpc) is 3.41. The van der Waals surface area contributed by atoms with Crippen molar-refractivity contribution in [2.24, 2.45) is 11.3 Å². The zero-order valence-electron chi connectivity index (χ0n) is 23.2. The van der Waals surface area contributed by atoms with Crippen LogP contribution in [0.3, 0.4) is 0 Å². The normalized spacial score (nSPS) is 24.0. The number of ether oxygens (including phenoxy) is 2. The molecule has 1 aromatic carbocycles. The first kappa shape index (κ1) is 29.5. The summed E-state index contributed by atoms with van der Waals surface area (Å²) in [4.78, 5) is 65.4. The number of nitrogens with zero attached hydrogens (tertiary/aromatic N) is 1. The Morgan fingerprint density at radius 2 is 1.90 bits per heavy atom. The van der Waals surface area contributed by atoms with Gasteiger partial charge < -0.3 is 30.3 Å². The average molecular weight is 575 g/mol. The maximum atomic E-state index is 13.9. The van der Waals surface area contributed by atoms with Gasteiger partial charge in [-0.1, -0.05) is 39.3 Å². The van der Waals surface area contributed by atoms with Crippen LogP contribution in [0.5, 0.6) is 0 Å². The van der Waals surface area contributed by atoms with Gasteiger partial charge >= 0.3 is 5.97 Å². The zero-order valence-corrected chi connectivity index (χ0v) is 24.0. The first-order chi connectivity index (χ1) is 18.8. The molecular weight excluding hydrogens is 540 g/mol. The zero-order chi connectivity index (χ0) is 29.4. The predicted molar refractivity (Wildman–Crippen MR) is 146 cm³/mol. The Morgan fingerprint density at radius 3 is 2.52 bits per heavy atom. The summed E-state index contributed by atoms with van der Waals surface area (Å²) in [7, 11) is 0. The molecule has 3 N–H and O–H groups in total. The Balaban J connectivity index is 1.49. The summed E-state index contributed by atoms with van der Waals surface area (Å²) in [5, 5.41) is 8.51. The summed E-state index contributed by atoms with van der Waals surface area (Å²) in [6.07, 6.45) is 1.75. The van der Waals surface area contributed by atoms with E-state index >= 15 is 0 Å². The van der Waals surface area contributed by atoms with Crippen LogP contribution in [0, 0.1) is 11.3 Å². The molecule has 11 nitrogen and oxygen atoms in total. The maximum Gasteiger partial charge on any atom is 0.310 e. The molecule has 2 fully saturated rings. The van der Waals surface area contributed by atoms with Crippen LogP contribution >= 0.6 is 11.6 Å². The topological polar surface area (TPSA) is 143 Å². The first-order valence-corrected chi connectivity index (χ1v) is 13.8. The lowest BCUT2D eigenvalue weighted by molar-refractivity contribution is -0.164. The van der Waals surface area contributed by atoms with E-state index in [1.54, 1.807) is 20.0 Å². The number of anilines is 1. The number of rotatable bonds is 9. The minimum Gasteiger partial charge on any atom is -0.433 e. The fraction of sp³-hybridized carbons (Fsp3) is 0.536. The number of hydrogen-bond donors (Lipinski definition) is 3. The van der Waals surface area contributed by atoms with Crippen molar-refractivity contribution in [1.29, 1.82) is 0 Å². The number of amides is 4. The Labute approximate surface area is 238 Å². The second kappa shape index (κ2) is 11.6. The lowest BCUT2D eigenvalue weighted by Crippen LogP contribution is -2.58. The molecule has 2 heterocycles. The van der Waals surface area contributed by atoms with Gasteiger partial charge in [-0.2, -0.15) is 0 Å². The summed E-state index contributed by atoms with van der Waals surface area (Å²) in [6, 6.07) is 2.03. The van der Waals surface area contributed by atoms with Gasteiger partial charge in [-0.3, -0.25) is 24.0 Å². The molecule has 4 rings (SSSR count). The quantitative estimate of drug-likeness (QED) is 0.385. The summed E-state index contributed by atoms with van der Waals surface area (Å²) >= 11 is 6.29. The SMILES string of the molecule is CCOC1OC(=O)CC1NC(=O)C1C2CC2=CN1C(=O)C(NC(=O)c1ccc(NC(=O)CC)c(Cl)c1)C(C)(C)C. The summed E-state index contributed by atoms with van der Waals surface area (Å²) in [6.45, 7) is 9.24. The monoisotopic (exact) mass is 574 g/mol. The molecule has 0 bridgehead atoms. The Morgan fingerprint density at radius 1 is 1.18 bits per heavy atom. The highest BCUT2D eigenvalue weighted by atomic mass is 35.5. The lowest BCUT2D eigenvalue weighted by atomic mass is 9.85. The minimum atomic E-state index is -0.976. The second-order valence-corrected chi connectivity index (χ2v) is 11.6. The summed E-state index contributed by atoms with van der Waals surface area (Å²) in [5.41, 5.74) is 0.866. The number of hydrogen-bond acceptors (Lipinski definition) is 7. The number of halogens is 1. The van der Waals surface area contributed by atoms with E-state index in [-0.39, 0.29) is 35.3 Å². The molecule has 4 amide bonds. The van der Waals surface area contributed by atoms with Gasteiger partial charge in [-0.05, 0) is 42.5 Å². The van der Waals surface area contributed by atoms with Gasteiger partial charge in [0.2, 0.25) is 24.0 Å². The third-order valence-electron chi connectivity index (χ3n) is 7.12. The van der Waals surface area contributed by atoms with Crippen molar-refractivity contribution < 1.29 is 33.4 Å². The van der Waals surface area contributed by atoms with Gasteiger partial charge in [-0.15, -0.1) is 0 Å². The van der Waals surface area contributed by atoms with E-state index in [0.717, 1.165) is 5.57 Å². The highest BCUT2D eigenvalue weighted by molar-refractivity contribution is 6.34. The van der Waals surface area contributed by atoms with Gasteiger partial charge in [0.25, 0.3) is 5.91 Å². The van der Waals surface area contributed by atoms with Crippen molar-refractivity contribution in [3.8, 4) is 0 Å². The predicted octanol–water partition coefficient (Wildman–Crippen LogP) is 2.74. The van der Waals surface area contributed by atoms with Crippen LogP contribution in [0.2, 0.25) is 5.02 Å². The maximum absolute atomic E-state index is 13.9. The van der Waals surface area contributed by atoms with E-state index in [2.05, 4.69) is 16.0 Å². The Kier molecular flexibility index (Phi) is 8.55. The van der Waals surface area contributed by atoms with Crippen molar-refractivity contribution >= 4 is 46.9 Å². The third kappa shape index (κ3) is 6.31. The number of carbonyl (C=O) groups excluding carboxylic acids is 5. The summed E-state index contributed by atoms with van der Waals surface area (Å²) in [5.74, 6) is -2.17. The van der Waals surface area contributed by atoms with E-state index < -0.39 is 53.5 Å². The molecule has 0 aromatic heterocycles. The van der Waals surface area contributed by atoms with Crippen molar-refractivity contribution in [1.82, 2.24) is 15.5 Å². The van der Waals surface area contributed by atoms with Crippen LogP contribution in [-0.4, -0.2) is 65.5 Å². The van der Waals surface area contributed by atoms with Crippen molar-refractivity contribution in [3.63, 3.8) is 0 Å². The number of benzene rings is 1. The van der Waals surface area contributed by atoms with E-state index in [0.29, 0.717) is 18.7 Å². The highest BCUT2D eigenvalue weighted by Crippen LogP contribution is 2.48. The number of esters is 1. The first-order valence-electron chi connectivity index (χ1n) is 13.4. The third-order valence-corrected chi connectivity index (χ3v) is 7.43. The molecule has 40 heavy (non-hydrogen) atoms. The van der Waals surface area contributed by atoms with Crippen LogP contribution in [0.25, 0.3) is 0 Å². The fourth-order valence-corrected chi connectivity index (χ4v) is 5.09. The molecule has 0 spiro atoms. The molecular formula is C28H35ClN4O7. The number of nitrogens with one attached hydrogen (secondary N) is 3. The fourth-order valence-electron chi connectivity index (χ4n) is 4.87. The highest BCUT2D eigenvalue weighted by Gasteiger charge is 2.54. The minimum absolute atomic E-state index is 0.0217. The smallest absolute Gasteiger partial charge is 0.310 e. The van der Waals surface area contributed by atoms with Gasteiger partial charge in [0.1, 0.15) is 18.1 Å². The summed E-state index contributed by atoms with van der Waals surface area (Å²) < 4.78 is 10.6. The van der Waals surface area contributed by atoms with Crippen LogP contribution in [0.4, 0.5) is 5.69 Å². The molecule has 1 aliphatic carbocycles. The van der Waals surface area contributed by atoms with E-state index in [4.69, 9.17) is 21.1 Å². The van der Waals surface area contributed by atoms with E-state index in [1.165, 1.54) is 23.1 Å². The molecule has 0 radical (unpaired) electrons. The van der Waals surface area contributed by atoms with Crippen LogP contribution in [0.15, 0.2) is 30.0 Å². The van der Waals surface area contributed by atoms with Gasteiger partial charge in [0.05, 0.1) is 17.1 Å². The van der Waals surface area contributed by atoms with Crippen LogP contribution < -0.4 is 16.0 Å². The molecule has 12 heteroatoms. The molecule has 5 atom stereocenters. The van der Waals surface area contributed by atoms with Crippen molar-refractivity contribution in [2.75, 3.05) is 11.9 Å². The van der Waals surface area contributed by atoms with E-state index in [1.807, 2.05) is 20.8 Å². The Bertz CT molecular complexity index is 1260. The second-order valence-electron chi connectivity index (χ2n) is 11.2. The molecule has 2 aliphatic heterocycles. The van der Waals surface area contributed by atoms with Gasteiger partial charge in [0.15, 0.2) is 0 Å². The number of cyclic esters (lactones) is 1. The molecule has 1 saturated carbocycles. The molecule has 1 aromatic rings. The van der Waals surface area contributed by atoms with Crippen molar-refractivity contribution in [2.45, 2.75) is 78.3 Å². The number of carbonyl (C=O) groups is 5. The number of fused-ring (bicyclic) bond motifs is 1. The van der Waals surface area contributed by atoms with Crippen molar-refractivity contribution in [3.05, 3.63) is 40.6 Å². The van der Waals surface area contributed by atoms with E-state index in [9.17, 15) is 24.0 Å². The largest absolute Gasteiger partial charge is 0.433 e. The molecule has 216 valence electrons. The molecule has 3 aliphatic rings. The van der Waals surface area contributed by atoms with Crippen LogP contribution in [0.1, 0.15) is 64.2 Å². The molecule has 5 unspecified atom stereocenters. The van der Waals surface area contributed by atoms with Crippen LogP contribution in [-0.2, 0) is 28.7 Å². The molecule has 1 saturated heterocycles. The standard InChI is InChI=1S/C28H35ClN4O7/c1-6-20(34)30-18-9-8-14(11-17(18)29)24(36)32-23(28(3,4)5)26(38)33-13-15-10-16(15)22(33)25(37)31-19-12-21(35)40-27(19)39-7-2/h8-9,11,13,16,19,22-23,27H,6-7,10,12H2,1-5H3,(H,30,34)(H,31,37)(H,32,36). The van der Waals surface area contributed by atoms with Gasteiger partial charge in [-0.25, -0.2) is 0 Å². The Hall–Kier alpha value is -3.44. The lowest BCUT2D eigenvalue weighted by Gasteiger charge is -2.35. The van der Waals surface area contributed by atoms with Gasteiger partial charge in [0, 0.05) is 30.7 Å².